The largest absolute Gasteiger partial charge is 0.340 e. The highest BCUT2D eigenvalue weighted by Crippen LogP contribution is 2.33. The van der Waals surface area contributed by atoms with E-state index in [1.807, 2.05) is 43.5 Å². The van der Waals surface area contributed by atoms with Crippen LogP contribution in [0.15, 0.2) is 67.0 Å². The minimum atomic E-state index is -0.140. The van der Waals surface area contributed by atoms with Crippen LogP contribution in [0, 0.1) is 6.92 Å². The summed E-state index contributed by atoms with van der Waals surface area (Å²) in [6.07, 6.45) is 5.63. The normalized spacial score (nSPS) is 13.2. The van der Waals surface area contributed by atoms with Crippen LogP contribution in [0.1, 0.15) is 27.9 Å². The van der Waals surface area contributed by atoms with Gasteiger partial charge in [0.25, 0.3) is 5.91 Å². The number of rotatable bonds is 3. The summed E-state index contributed by atoms with van der Waals surface area (Å²) in [5, 5.41) is 2.98. The Morgan fingerprint density at radius 3 is 2.77 bits per heavy atom. The fourth-order valence-electron chi connectivity index (χ4n) is 3.41. The Balaban J connectivity index is 1.62. The fraction of sp³-hybridized carbons (Fsp3) is 0.182. The lowest BCUT2D eigenvalue weighted by atomic mass is 10.0. The molecule has 1 N–H and O–H groups in total. The van der Waals surface area contributed by atoms with Gasteiger partial charge in [0.2, 0.25) is 0 Å². The van der Waals surface area contributed by atoms with Gasteiger partial charge in [-0.05, 0) is 49.1 Å². The standard InChI is InChI=1S/C22H21N3O/c1-16-7-2-4-10-20(16)24-22(26)18-13-19(15-23-14-18)25-12-6-9-17-8-3-5-11-21(17)25/h2-5,7-8,10-11,13-15H,6,9,12H2,1H3,(H,24,26). The highest BCUT2D eigenvalue weighted by molar-refractivity contribution is 6.05. The van der Waals surface area contributed by atoms with Crippen molar-refractivity contribution >= 4 is 23.0 Å². The summed E-state index contributed by atoms with van der Waals surface area (Å²) in [5.41, 5.74) is 5.93. The van der Waals surface area contributed by atoms with Gasteiger partial charge in [0.05, 0.1) is 17.4 Å². The number of aryl methyl sites for hydroxylation is 2. The van der Waals surface area contributed by atoms with Crippen LogP contribution in [0.2, 0.25) is 0 Å². The molecular weight excluding hydrogens is 322 g/mol. The number of fused-ring (bicyclic) bond motifs is 1. The third kappa shape index (κ3) is 3.18. The Labute approximate surface area is 153 Å². The van der Waals surface area contributed by atoms with Crippen LogP contribution in [0.4, 0.5) is 17.1 Å². The third-order valence-electron chi connectivity index (χ3n) is 4.80. The number of hydrogen-bond acceptors (Lipinski definition) is 3. The van der Waals surface area contributed by atoms with Crippen LogP contribution in [0.5, 0.6) is 0 Å². The number of aromatic nitrogens is 1. The molecule has 4 heteroatoms. The monoisotopic (exact) mass is 343 g/mol. The lowest BCUT2D eigenvalue weighted by Crippen LogP contribution is -2.25. The average molecular weight is 343 g/mol. The number of nitrogens with one attached hydrogen (secondary N) is 1. The molecule has 3 aromatic rings. The van der Waals surface area contributed by atoms with Gasteiger partial charge in [-0.25, -0.2) is 0 Å². The van der Waals surface area contributed by atoms with Gasteiger partial charge in [-0.3, -0.25) is 9.78 Å². The van der Waals surface area contributed by atoms with E-state index in [1.165, 1.54) is 11.3 Å². The van der Waals surface area contributed by atoms with Crippen molar-refractivity contribution < 1.29 is 4.79 Å². The summed E-state index contributed by atoms with van der Waals surface area (Å²) in [5.74, 6) is -0.140. The summed E-state index contributed by atoms with van der Waals surface area (Å²) >= 11 is 0. The first kappa shape index (κ1) is 16.3. The number of pyridine rings is 1. The van der Waals surface area contributed by atoms with Gasteiger partial charge in [-0.2, -0.15) is 0 Å². The van der Waals surface area contributed by atoms with Crippen molar-refractivity contribution in [2.45, 2.75) is 19.8 Å². The number of nitrogens with zero attached hydrogens (tertiary/aromatic N) is 2. The van der Waals surface area contributed by atoms with E-state index in [0.29, 0.717) is 5.56 Å². The Bertz CT molecular complexity index is 951. The molecule has 0 radical (unpaired) electrons. The van der Waals surface area contributed by atoms with Gasteiger partial charge in [-0.1, -0.05) is 36.4 Å². The van der Waals surface area contributed by atoms with E-state index in [-0.39, 0.29) is 5.91 Å². The number of hydrogen-bond donors (Lipinski definition) is 1. The Morgan fingerprint density at radius 2 is 1.88 bits per heavy atom. The van der Waals surface area contributed by atoms with Gasteiger partial charge in [0.15, 0.2) is 0 Å². The molecular formula is C22H21N3O. The van der Waals surface area contributed by atoms with Crippen LogP contribution in [-0.2, 0) is 6.42 Å². The van der Waals surface area contributed by atoms with Crippen molar-refractivity contribution in [2.75, 3.05) is 16.8 Å². The molecule has 0 fully saturated rings. The maximum atomic E-state index is 12.7. The second-order valence-electron chi connectivity index (χ2n) is 6.58. The third-order valence-corrected chi connectivity index (χ3v) is 4.80. The Kier molecular flexibility index (Phi) is 4.40. The summed E-state index contributed by atoms with van der Waals surface area (Å²) in [6.45, 7) is 2.91. The predicted molar refractivity (Wildman–Crippen MR) is 105 cm³/mol. The first-order chi connectivity index (χ1) is 12.7. The molecule has 1 aliphatic heterocycles. The molecule has 0 bridgehead atoms. The molecule has 4 nitrogen and oxygen atoms in total. The quantitative estimate of drug-likeness (QED) is 0.748. The summed E-state index contributed by atoms with van der Waals surface area (Å²) < 4.78 is 0. The van der Waals surface area contributed by atoms with E-state index in [1.54, 1.807) is 6.20 Å². The minimum Gasteiger partial charge on any atom is -0.340 e. The van der Waals surface area contributed by atoms with E-state index in [2.05, 4.69) is 39.5 Å². The first-order valence-electron chi connectivity index (χ1n) is 8.90. The molecule has 0 unspecified atom stereocenters. The number of anilines is 3. The topological polar surface area (TPSA) is 45.2 Å². The van der Waals surface area contributed by atoms with Crippen LogP contribution in [0.3, 0.4) is 0 Å². The molecule has 26 heavy (non-hydrogen) atoms. The minimum absolute atomic E-state index is 0.140. The Hall–Kier alpha value is -3.14. The molecule has 0 spiro atoms. The second-order valence-corrected chi connectivity index (χ2v) is 6.58. The number of amides is 1. The summed E-state index contributed by atoms with van der Waals surface area (Å²) in [6, 6.07) is 18.1. The molecule has 0 aliphatic carbocycles. The maximum Gasteiger partial charge on any atom is 0.257 e. The highest BCUT2D eigenvalue weighted by atomic mass is 16.1. The predicted octanol–water partition coefficient (Wildman–Crippen LogP) is 4.73. The molecule has 130 valence electrons. The van der Waals surface area contributed by atoms with Gasteiger partial charge in [-0.15, -0.1) is 0 Å². The average Bonchev–Trinajstić information content (AvgIpc) is 2.69. The fourth-order valence-corrected chi connectivity index (χ4v) is 3.41. The van der Waals surface area contributed by atoms with Gasteiger partial charge in [0.1, 0.15) is 0 Å². The molecule has 0 saturated heterocycles. The van der Waals surface area contributed by atoms with Crippen molar-refractivity contribution in [1.29, 1.82) is 0 Å². The maximum absolute atomic E-state index is 12.7. The molecule has 2 aromatic carbocycles. The number of benzene rings is 2. The van der Waals surface area contributed by atoms with Crippen molar-refractivity contribution in [3.05, 3.63) is 83.7 Å². The van der Waals surface area contributed by atoms with E-state index in [0.717, 1.165) is 36.3 Å². The first-order valence-corrected chi connectivity index (χ1v) is 8.90. The van der Waals surface area contributed by atoms with Crippen LogP contribution in [-0.4, -0.2) is 17.4 Å². The van der Waals surface area contributed by atoms with Crippen molar-refractivity contribution in [1.82, 2.24) is 4.98 Å². The molecule has 0 atom stereocenters. The van der Waals surface area contributed by atoms with Crippen LogP contribution >= 0.6 is 0 Å². The number of carbonyl (C=O) groups excluding carboxylic acids is 1. The van der Waals surface area contributed by atoms with Crippen LogP contribution in [0.25, 0.3) is 0 Å². The zero-order valence-corrected chi connectivity index (χ0v) is 14.8. The zero-order chi connectivity index (χ0) is 17.9. The lowest BCUT2D eigenvalue weighted by Gasteiger charge is -2.31. The van der Waals surface area contributed by atoms with E-state index >= 15 is 0 Å². The van der Waals surface area contributed by atoms with Gasteiger partial charge >= 0.3 is 0 Å². The van der Waals surface area contributed by atoms with Crippen molar-refractivity contribution in [3.8, 4) is 0 Å². The van der Waals surface area contributed by atoms with Crippen LogP contribution < -0.4 is 10.2 Å². The summed E-state index contributed by atoms with van der Waals surface area (Å²) in [4.78, 5) is 19.2. The molecule has 1 amide bonds. The smallest absolute Gasteiger partial charge is 0.257 e. The van der Waals surface area contributed by atoms with Gasteiger partial charge < -0.3 is 10.2 Å². The van der Waals surface area contributed by atoms with Crippen molar-refractivity contribution in [2.24, 2.45) is 0 Å². The number of carbonyl (C=O) groups is 1. The molecule has 1 aromatic heterocycles. The van der Waals surface area contributed by atoms with E-state index in [9.17, 15) is 4.79 Å². The SMILES string of the molecule is Cc1ccccc1NC(=O)c1cncc(N2CCCc3ccccc32)c1. The molecule has 0 saturated carbocycles. The van der Waals surface area contributed by atoms with E-state index < -0.39 is 0 Å². The lowest BCUT2D eigenvalue weighted by molar-refractivity contribution is 0.102. The second kappa shape index (κ2) is 7.00. The highest BCUT2D eigenvalue weighted by Gasteiger charge is 2.19. The molecule has 2 heterocycles. The molecule has 4 rings (SSSR count). The van der Waals surface area contributed by atoms with E-state index in [4.69, 9.17) is 0 Å². The number of para-hydroxylation sites is 2. The molecule has 1 aliphatic rings. The summed E-state index contributed by atoms with van der Waals surface area (Å²) in [7, 11) is 0. The Morgan fingerprint density at radius 1 is 1.08 bits per heavy atom. The van der Waals surface area contributed by atoms with Crippen molar-refractivity contribution in [3.63, 3.8) is 0 Å². The van der Waals surface area contributed by atoms with Gasteiger partial charge in [0, 0.05) is 24.1 Å². The zero-order valence-electron chi connectivity index (χ0n) is 14.8.